The highest BCUT2D eigenvalue weighted by molar-refractivity contribution is 5.85. The van der Waals surface area contributed by atoms with E-state index in [1.54, 1.807) is 30.3 Å². The van der Waals surface area contributed by atoms with Crippen LogP contribution < -0.4 is 9.33 Å². The van der Waals surface area contributed by atoms with Gasteiger partial charge in [0, 0.05) is 35.8 Å². The van der Waals surface area contributed by atoms with Crippen LogP contribution in [0.2, 0.25) is 0 Å². The number of para-hydroxylation sites is 2. The number of nitrogens with zero attached hydrogens (tertiary/aromatic N) is 3. The van der Waals surface area contributed by atoms with E-state index in [0.29, 0.717) is 22.1 Å². The number of rotatable bonds is 1. The Kier molecular flexibility index (Phi) is 2.99. The lowest BCUT2D eigenvalue weighted by molar-refractivity contribution is -0.432. The molecule has 0 atom stereocenters. The molecule has 2 aromatic carbocycles. The first-order valence-corrected chi connectivity index (χ1v) is 7.68. The summed E-state index contributed by atoms with van der Waals surface area (Å²) in [6.45, 7) is 2.02. The monoisotopic (exact) mass is 295 g/mol. The lowest BCUT2D eigenvalue weighted by Crippen LogP contribution is -2.29. The Bertz CT molecular complexity index is 911. The van der Waals surface area contributed by atoms with Crippen LogP contribution in [0.3, 0.4) is 0 Å². The minimum Gasteiger partial charge on any atom is -0.805 e. The van der Waals surface area contributed by atoms with Gasteiger partial charge in [-0.1, -0.05) is 12.1 Å². The van der Waals surface area contributed by atoms with E-state index >= 15 is 0 Å². The molecule has 1 aliphatic rings. The van der Waals surface area contributed by atoms with Gasteiger partial charge in [0.2, 0.25) is 0 Å². The van der Waals surface area contributed by atoms with Crippen LogP contribution in [0.15, 0.2) is 42.5 Å². The zero-order valence-corrected chi connectivity index (χ0v) is 12.2. The molecule has 0 bridgehead atoms. The molecule has 0 aliphatic carbocycles. The van der Waals surface area contributed by atoms with Crippen LogP contribution in [-0.2, 0) is 0 Å². The molecular formula is C17H17N3O2. The average molecular weight is 295 g/mol. The number of hydrogen-bond donors (Lipinski definition) is 0. The Morgan fingerprint density at radius 2 is 1.64 bits per heavy atom. The molecule has 1 aromatic heterocycles. The zero-order chi connectivity index (χ0) is 15.1. The number of piperidine rings is 1. The second kappa shape index (κ2) is 5.02. The lowest BCUT2D eigenvalue weighted by atomic mass is 10.1. The van der Waals surface area contributed by atoms with E-state index in [-0.39, 0.29) is 0 Å². The molecule has 0 saturated carbocycles. The molecule has 1 aliphatic heterocycles. The molecule has 0 spiro atoms. The van der Waals surface area contributed by atoms with Crippen LogP contribution >= 0.6 is 0 Å². The fourth-order valence-electron chi connectivity index (χ4n) is 3.26. The van der Waals surface area contributed by atoms with Crippen LogP contribution in [-0.4, -0.2) is 17.8 Å². The summed E-state index contributed by atoms with van der Waals surface area (Å²) in [7, 11) is 0. The van der Waals surface area contributed by atoms with Gasteiger partial charge in [0.05, 0.1) is 4.43 Å². The largest absolute Gasteiger partial charge is 0.805 e. The Morgan fingerprint density at radius 3 is 2.45 bits per heavy atom. The fraction of sp³-hybridized carbons (Fsp3) is 0.294. The number of aromatic nitrogens is 2. The molecule has 1 fully saturated rings. The molecular weight excluding hydrogens is 278 g/mol. The minimum atomic E-state index is 0.399. The molecule has 1 saturated heterocycles. The Hall–Kier alpha value is -2.56. The first-order valence-electron chi connectivity index (χ1n) is 7.68. The Morgan fingerprint density at radius 1 is 0.909 bits per heavy atom. The first kappa shape index (κ1) is 13.1. The second-order valence-corrected chi connectivity index (χ2v) is 5.80. The third kappa shape index (κ3) is 1.93. The molecule has 22 heavy (non-hydrogen) atoms. The maximum absolute atomic E-state index is 12.6. The molecule has 0 amide bonds. The van der Waals surface area contributed by atoms with Crippen molar-refractivity contribution in [3.05, 3.63) is 52.6 Å². The van der Waals surface area contributed by atoms with Crippen molar-refractivity contribution >= 4 is 27.8 Å². The van der Waals surface area contributed by atoms with Gasteiger partial charge in [0.1, 0.15) is 11.0 Å². The fourth-order valence-corrected chi connectivity index (χ4v) is 3.26. The van der Waals surface area contributed by atoms with Crippen molar-refractivity contribution in [2.24, 2.45) is 0 Å². The van der Waals surface area contributed by atoms with Gasteiger partial charge < -0.3 is 14.8 Å². The normalized spacial score (nSPS) is 15.5. The van der Waals surface area contributed by atoms with E-state index < -0.39 is 0 Å². The summed E-state index contributed by atoms with van der Waals surface area (Å²) in [4.78, 5) is 14.8. The quantitative estimate of drug-likeness (QED) is 0.512. The van der Waals surface area contributed by atoms with Crippen LogP contribution in [0.25, 0.3) is 22.1 Å². The predicted molar refractivity (Wildman–Crippen MR) is 87.6 cm³/mol. The standard InChI is InChI=1S/C17H17N3O2/c21-19-14-6-2-3-7-15(14)20(22)17-12-13(8-9-16(17)19)18-10-4-1-5-11-18/h2-3,6-9,12H,1,4-5,10-11H2. The van der Waals surface area contributed by atoms with Gasteiger partial charge in [0.25, 0.3) is 11.0 Å². The van der Waals surface area contributed by atoms with Gasteiger partial charge in [0.15, 0.2) is 0 Å². The third-order valence-electron chi connectivity index (χ3n) is 4.44. The number of benzene rings is 2. The van der Waals surface area contributed by atoms with Crippen LogP contribution in [0.1, 0.15) is 19.3 Å². The topological polar surface area (TPSA) is 54.2 Å². The van der Waals surface area contributed by atoms with Gasteiger partial charge in [-0.25, -0.2) is 0 Å². The molecule has 0 radical (unpaired) electrons. The average Bonchev–Trinajstić information content (AvgIpc) is 2.60. The molecule has 0 N–H and O–H groups in total. The number of anilines is 1. The van der Waals surface area contributed by atoms with Gasteiger partial charge in [-0.05, 0) is 37.5 Å². The third-order valence-corrected chi connectivity index (χ3v) is 4.44. The molecule has 3 aromatic rings. The molecule has 4 rings (SSSR count). The van der Waals surface area contributed by atoms with Crippen molar-refractivity contribution < 1.29 is 4.43 Å². The smallest absolute Gasteiger partial charge is 0.286 e. The summed E-state index contributed by atoms with van der Waals surface area (Å²) >= 11 is 0. The van der Waals surface area contributed by atoms with Crippen molar-refractivity contribution in [3.8, 4) is 0 Å². The highest BCUT2D eigenvalue weighted by Gasteiger charge is 2.17. The summed E-state index contributed by atoms with van der Waals surface area (Å²) in [5.41, 5.74) is 2.66. The Labute approximate surface area is 127 Å². The van der Waals surface area contributed by atoms with Crippen LogP contribution in [0.4, 0.5) is 5.69 Å². The molecule has 112 valence electrons. The lowest BCUT2D eigenvalue weighted by Gasteiger charge is -2.29. The van der Waals surface area contributed by atoms with E-state index in [9.17, 15) is 10.1 Å². The maximum Gasteiger partial charge on any atom is 0.286 e. The Balaban J connectivity index is 1.97. The van der Waals surface area contributed by atoms with E-state index in [4.69, 9.17) is 0 Å². The predicted octanol–water partition coefficient (Wildman–Crippen LogP) is 3.05. The van der Waals surface area contributed by atoms with Gasteiger partial charge in [-0.3, -0.25) is 0 Å². The van der Waals surface area contributed by atoms with Crippen molar-refractivity contribution in [3.63, 3.8) is 0 Å². The second-order valence-electron chi connectivity index (χ2n) is 5.80. The van der Waals surface area contributed by atoms with E-state index in [1.165, 1.54) is 19.3 Å². The highest BCUT2D eigenvalue weighted by Crippen LogP contribution is 2.25. The summed E-state index contributed by atoms with van der Waals surface area (Å²) in [6, 6.07) is 12.4. The van der Waals surface area contributed by atoms with Gasteiger partial charge >= 0.3 is 0 Å². The summed E-state index contributed by atoms with van der Waals surface area (Å²) in [5, 5.41) is 12.6. The molecule has 0 unspecified atom stereocenters. The van der Waals surface area contributed by atoms with Crippen molar-refractivity contribution in [1.82, 2.24) is 4.73 Å². The molecule has 5 nitrogen and oxygen atoms in total. The summed E-state index contributed by atoms with van der Waals surface area (Å²) in [5.74, 6) is 0. The summed E-state index contributed by atoms with van der Waals surface area (Å²) in [6.07, 6.45) is 3.61. The summed E-state index contributed by atoms with van der Waals surface area (Å²) < 4.78 is 1.71. The molecule has 5 heteroatoms. The van der Waals surface area contributed by atoms with Crippen LogP contribution in [0, 0.1) is 10.1 Å². The van der Waals surface area contributed by atoms with E-state index in [0.717, 1.165) is 27.9 Å². The first-order chi connectivity index (χ1) is 10.8. The zero-order valence-electron chi connectivity index (χ0n) is 12.2. The van der Waals surface area contributed by atoms with E-state index in [1.807, 2.05) is 12.1 Å². The van der Waals surface area contributed by atoms with Gasteiger partial charge in [-0.15, -0.1) is 0 Å². The van der Waals surface area contributed by atoms with Crippen molar-refractivity contribution in [1.29, 1.82) is 0 Å². The maximum atomic E-state index is 12.6. The van der Waals surface area contributed by atoms with Crippen molar-refractivity contribution in [2.75, 3.05) is 18.0 Å². The molecule has 2 heterocycles. The highest BCUT2D eigenvalue weighted by atomic mass is 16.5. The van der Waals surface area contributed by atoms with Crippen LogP contribution in [0.5, 0.6) is 0 Å². The van der Waals surface area contributed by atoms with Gasteiger partial charge in [-0.2, -0.15) is 0 Å². The van der Waals surface area contributed by atoms with E-state index in [2.05, 4.69) is 4.90 Å². The minimum absolute atomic E-state index is 0.399. The SMILES string of the molecule is O=[n+]1c2ccccc2n([O-])c2cc(N3CCCCC3)ccc21. The van der Waals surface area contributed by atoms with Crippen molar-refractivity contribution in [2.45, 2.75) is 19.3 Å². The number of fused-ring (bicyclic) bond motifs is 2. The number of hydrogen-bond acceptors (Lipinski definition) is 3.